The first-order valence-electron chi connectivity index (χ1n) is 5.57. The Labute approximate surface area is 128 Å². The molecule has 2 aromatic carbocycles. The molecule has 2 N–H and O–H groups in total. The van der Waals surface area contributed by atoms with Gasteiger partial charge in [-0.15, -0.1) is 0 Å². The fraction of sp³-hybridized carbons (Fsp3) is 0. The third-order valence-electron chi connectivity index (χ3n) is 2.55. The Hall–Kier alpha value is -1.85. The Kier molecular flexibility index (Phi) is 4.42. The van der Waals surface area contributed by atoms with Crippen LogP contribution in [0.1, 0.15) is 20.7 Å². The highest BCUT2D eigenvalue weighted by atomic mass is 79.9. The number of aromatic carboxylic acids is 1. The molecule has 2 rings (SSSR count). The topological polar surface area (TPSA) is 66.4 Å². The maximum Gasteiger partial charge on any atom is 0.335 e. The van der Waals surface area contributed by atoms with Crippen molar-refractivity contribution in [3.8, 4) is 0 Å². The van der Waals surface area contributed by atoms with Crippen LogP contribution in [0.25, 0.3) is 0 Å². The summed E-state index contributed by atoms with van der Waals surface area (Å²) in [6.45, 7) is 0. The summed E-state index contributed by atoms with van der Waals surface area (Å²) < 4.78 is 0.617. The summed E-state index contributed by atoms with van der Waals surface area (Å²) in [5.74, 6) is -1.39. The minimum absolute atomic E-state index is 0.111. The van der Waals surface area contributed by atoms with E-state index in [0.29, 0.717) is 20.7 Å². The summed E-state index contributed by atoms with van der Waals surface area (Å²) in [5.41, 5.74) is 0.947. The molecule has 4 nitrogen and oxygen atoms in total. The molecule has 0 spiro atoms. The summed E-state index contributed by atoms with van der Waals surface area (Å²) in [7, 11) is 0. The predicted molar refractivity (Wildman–Crippen MR) is 80.5 cm³/mol. The van der Waals surface area contributed by atoms with Crippen LogP contribution in [0.4, 0.5) is 5.69 Å². The third-order valence-corrected chi connectivity index (χ3v) is 3.76. The maximum atomic E-state index is 12.0. The summed E-state index contributed by atoms with van der Waals surface area (Å²) >= 11 is 9.10. The van der Waals surface area contributed by atoms with E-state index in [0.717, 1.165) is 0 Å². The molecule has 0 aliphatic carbocycles. The van der Waals surface area contributed by atoms with Crippen LogP contribution in [0.15, 0.2) is 46.9 Å². The number of hydrogen-bond donors (Lipinski definition) is 2. The number of carbonyl (C=O) groups is 2. The van der Waals surface area contributed by atoms with Crippen LogP contribution >= 0.6 is 27.5 Å². The van der Waals surface area contributed by atoms with Crippen molar-refractivity contribution < 1.29 is 14.7 Å². The lowest BCUT2D eigenvalue weighted by Gasteiger charge is -2.07. The number of anilines is 1. The van der Waals surface area contributed by atoms with Gasteiger partial charge in [0, 0.05) is 15.7 Å². The predicted octanol–water partition coefficient (Wildman–Crippen LogP) is 4.05. The van der Waals surface area contributed by atoms with Crippen LogP contribution in [-0.2, 0) is 0 Å². The number of nitrogens with one attached hydrogen (secondary N) is 1. The van der Waals surface area contributed by atoms with E-state index in [1.807, 2.05) is 0 Å². The van der Waals surface area contributed by atoms with Crippen molar-refractivity contribution in [2.24, 2.45) is 0 Å². The minimum Gasteiger partial charge on any atom is -0.478 e. The van der Waals surface area contributed by atoms with E-state index in [4.69, 9.17) is 16.7 Å². The molecule has 0 aliphatic heterocycles. The SMILES string of the molecule is O=C(O)c1cccc(NC(=O)c2ccc(Cl)c(Br)c2)c1. The summed E-state index contributed by atoms with van der Waals surface area (Å²) in [6, 6.07) is 10.8. The second-order valence-electron chi connectivity index (χ2n) is 3.97. The fourth-order valence-electron chi connectivity index (χ4n) is 1.57. The van der Waals surface area contributed by atoms with Gasteiger partial charge in [0.25, 0.3) is 5.91 Å². The van der Waals surface area contributed by atoms with Gasteiger partial charge in [0.1, 0.15) is 0 Å². The number of rotatable bonds is 3. The Balaban J connectivity index is 2.21. The monoisotopic (exact) mass is 353 g/mol. The molecule has 0 fully saturated rings. The van der Waals surface area contributed by atoms with Crippen molar-refractivity contribution in [2.75, 3.05) is 5.32 Å². The van der Waals surface area contributed by atoms with E-state index in [2.05, 4.69) is 21.2 Å². The number of amides is 1. The van der Waals surface area contributed by atoms with Crippen molar-refractivity contribution in [1.82, 2.24) is 0 Å². The van der Waals surface area contributed by atoms with Crippen LogP contribution in [0.3, 0.4) is 0 Å². The highest BCUT2D eigenvalue weighted by Crippen LogP contribution is 2.23. The van der Waals surface area contributed by atoms with Crippen molar-refractivity contribution >= 4 is 45.1 Å². The van der Waals surface area contributed by atoms with E-state index in [9.17, 15) is 9.59 Å². The normalized spacial score (nSPS) is 10.1. The van der Waals surface area contributed by atoms with Gasteiger partial charge >= 0.3 is 5.97 Å². The zero-order chi connectivity index (χ0) is 14.7. The molecular weight excluding hydrogens is 346 g/mol. The molecule has 0 saturated heterocycles. The number of halogens is 2. The number of hydrogen-bond acceptors (Lipinski definition) is 2. The average molecular weight is 355 g/mol. The van der Waals surface area contributed by atoms with Crippen molar-refractivity contribution in [2.45, 2.75) is 0 Å². The number of carboxylic acid groups (broad SMARTS) is 1. The molecule has 1 amide bonds. The minimum atomic E-state index is -1.05. The lowest BCUT2D eigenvalue weighted by Crippen LogP contribution is -2.12. The van der Waals surface area contributed by atoms with Crippen LogP contribution in [0.5, 0.6) is 0 Å². The quantitative estimate of drug-likeness (QED) is 0.874. The fourth-order valence-corrected chi connectivity index (χ4v) is 2.07. The molecule has 20 heavy (non-hydrogen) atoms. The first kappa shape index (κ1) is 14.6. The van der Waals surface area contributed by atoms with Gasteiger partial charge in [0.15, 0.2) is 0 Å². The van der Waals surface area contributed by atoms with Gasteiger partial charge in [-0.25, -0.2) is 4.79 Å². The standard InChI is InChI=1S/C14H9BrClNO3/c15-11-7-8(4-5-12(11)16)13(18)17-10-3-1-2-9(6-10)14(19)20/h1-7H,(H,17,18)(H,19,20). The Morgan fingerprint density at radius 3 is 2.50 bits per heavy atom. The molecule has 0 saturated carbocycles. The second-order valence-corrected chi connectivity index (χ2v) is 5.23. The van der Waals surface area contributed by atoms with Gasteiger partial charge in [0.2, 0.25) is 0 Å². The van der Waals surface area contributed by atoms with Gasteiger partial charge in [-0.1, -0.05) is 17.7 Å². The first-order chi connectivity index (χ1) is 9.47. The molecule has 0 bridgehead atoms. The van der Waals surface area contributed by atoms with Crippen LogP contribution in [0.2, 0.25) is 5.02 Å². The highest BCUT2D eigenvalue weighted by molar-refractivity contribution is 9.10. The molecule has 0 atom stereocenters. The van der Waals surface area contributed by atoms with E-state index in [-0.39, 0.29) is 11.5 Å². The van der Waals surface area contributed by atoms with Crippen molar-refractivity contribution in [3.63, 3.8) is 0 Å². The van der Waals surface area contributed by atoms with E-state index in [1.165, 1.54) is 12.1 Å². The molecule has 0 heterocycles. The van der Waals surface area contributed by atoms with Gasteiger partial charge < -0.3 is 10.4 Å². The van der Waals surface area contributed by atoms with Crippen LogP contribution in [-0.4, -0.2) is 17.0 Å². The first-order valence-corrected chi connectivity index (χ1v) is 6.74. The van der Waals surface area contributed by atoms with Gasteiger partial charge in [-0.2, -0.15) is 0 Å². The summed E-state index contributed by atoms with van der Waals surface area (Å²) in [4.78, 5) is 22.9. The molecular formula is C14H9BrClNO3. The smallest absolute Gasteiger partial charge is 0.335 e. The number of benzene rings is 2. The molecule has 2 aromatic rings. The molecule has 0 unspecified atom stereocenters. The van der Waals surface area contributed by atoms with E-state index in [1.54, 1.807) is 30.3 Å². The Morgan fingerprint density at radius 1 is 1.10 bits per heavy atom. The van der Waals surface area contributed by atoms with Crippen LogP contribution < -0.4 is 5.32 Å². The number of carbonyl (C=O) groups excluding carboxylic acids is 1. The number of carboxylic acids is 1. The molecule has 102 valence electrons. The summed E-state index contributed by atoms with van der Waals surface area (Å²) in [6.07, 6.45) is 0. The third kappa shape index (κ3) is 3.37. The molecule has 0 aliphatic rings. The van der Waals surface area contributed by atoms with Crippen molar-refractivity contribution in [1.29, 1.82) is 0 Å². The largest absolute Gasteiger partial charge is 0.478 e. The summed E-state index contributed by atoms with van der Waals surface area (Å²) in [5, 5.41) is 12.0. The lowest BCUT2D eigenvalue weighted by molar-refractivity contribution is 0.0696. The zero-order valence-corrected chi connectivity index (χ0v) is 12.4. The van der Waals surface area contributed by atoms with Crippen LogP contribution in [0, 0.1) is 0 Å². The average Bonchev–Trinajstić information content (AvgIpc) is 2.42. The van der Waals surface area contributed by atoms with Gasteiger partial charge in [-0.05, 0) is 52.3 Å². The lowest BCUT2D eigenvalue weighted by atomic mass is 10.2. The Bertz CT molecular complexity index is 688. The highest BCUT2D eigenvalue weighted by Gasteiger charge is 2.09. The van der Waals surface area contributed by atoms with E-state index < -0.39 is 5.97 Å². The van der Waals surface area contributed by atoms with E-state index >= 15 is 0 Å². The molecule has 0 radical (unpaired) electrons. The molecule has 6 heteroatoms. The van der Waals surface area contributed by atoms with Crippen molar-refractivity contribution in [3.05, 3.63) is 63.1 Å². The second kappa shape index (κ2) is 6.07. The van der Waals surface area contributed by atoms with Gasteiger partial charge in [-0.3, -0.25) is 4.79 Å². The molecule has 0 aromatic heterocycles. The zero-order valence-electron chi connectivity index (χ0n) is 10.1. The Morgan fingerprint density at radius 2 is 1.85 bits per heavy atom. The van der Waals surface area contributed by atoms with Gasteiger partial charge in [0.05, 0.1) is 10.6 Å². The maximum absolute atomic E-state index is 12.0.